The van der Waals surface area contributed by atoms with Gasteiger partial charge in [-0.1, -0.05) is 42.5 Å². The number of methoxy groups -OCH3 is 1. The first-order chi connectivity index (χ1) is 15.0. The van der Waals surface area contributed by atoms with Gasteiger partial charge in [-0.3, -0.25) is 4.90 Å². The third-order valence-electron chi connectivity index (χ3n) is 6.46. The maximum atomic E-state index is 13.3. The van der Waals surface area contributed by atoms with Gasteiger partial charge in [0.15, 0.2) is 0 Å². The van der Waals surface area contributed by atoms with E-state index in [0.717, 1.165) is 27.6 Å². The van der Waals surface area contributed by atoms with E-state index in [9.17, 15) is 13.9 Å². The molecule has 3 aromatic carbocycles. The number of β-amino-alcohol motifs (C(OH)–C–C–N with tert-alkyl or cyclic N) is 1. The van der Waals surface area contributed by atoms with Gasteiger partial charge in [-0.25, -0.2) is 8.78 Å². The van der Waals surface area contributed by atoms with E-state index in [2.05, 4.69) is 6.07 Å². The zero-order valence-corrected chi connectivity index (χ0v) is 17.3. The van der Waals surface area contributed by atoms with Gasteiger partial charge in [-0.2, -0.15) is 0 Å². The Morgan fingerprint density at radius 2 is 1.68 bits per heavy atom. The second-order valence-electron chi connectivity index (χ2n) is 8.46. The van der Waals surface area contributed by atoms with Crippen molar-refractivity contribution in [3.63, 3.8) is 0 Å². The van der Waals surface area contributed by atoms with Gasteiger partial charge in [0.2, 0.25) is 0 Å². The molecule has 162 valence electrons. The minimum atomic E-state index is -2.50. The van der Waals surface area contributed by atoms with Crippen molar-refractivity contribution in [3.05, 3.63) is 60.7 Å². The number of benzene rings is 3. The molecule has 1 aliphatic carbocycles. The van der Waals surface area contributed by atoms with Gasteiger partial charge in [-0.15, -0.1) is 0 Å². The molecule has 31 heavy (non-hydrogen) atoms. The molecule has 4 nitrogen and oxygen atoms in total. The lowest BCUT2D eigenvalue weighted by Gasteiger charge is -2.23. The number of fused-ring (bicyclic) bond motifs is 2. The first-order valence-corrected chi connectivity index (χ1v) is 10.5. The van der Waals surface area contributed by atoms with E-state index >= 15 is 0 Å². The molecule has 1 saturated heterocycles. The van der Waals surface area contributed by atoms with E-state index in [1.54, 1.807) is 7.11 Å². The van der Waals surface area contributed by atoms with E-state index < -0.39 is 23.9 Å². The number of halogens is 2. The lowest BCUT2D eigenvalue weighted by atomic mass is 9.97. The molecule has 0 aromatic heterocycles. The van der Waals surface area contributed by atoms with Gasteiger partial charge in [0, 0.05) is 36.9 Å². The maximum Gasteiger partial charge on any atom is 0.257 e. The number of aliphatic hydroxyl groups is 1. The minimum absolute atomic E-state index is 0.119. The summed E-state index contributed by atoms with van der Waals surface area (Å²) in [6.07, 6.45) is -0.730. The highest BCUT2D eigenvalue weighted by molar-refractivity contribution is 6.00. The quantitative estimate of drug-likeness (QED) is 0.607. The van der Waals surface area contributed by atoms with Crippen LogP contribution in [-0.2, 0) is 0 Å². The summed E-state index contributed by atoms with van der Waals surface area (Å²) in [5.41, 5.74) is 2.16. The summed E-state index contributed by atoms with van der Waals surface area (Å²) in [5.74, 6) is -2.06. The molecule has 1 aliphatic heterocycles. The Balaban J connectivity index is 1.28. The van der Waals surface area contributed by atoms with Crippen molar-refractivity contribution in [2.75, 3.05) is 33.4 Å². The van der Waals surface area contributed by atoms with Crippen molar-refractivity contribution < 1.29 is 23.4 Å². The van der Waals surface area contributed by atoms with Gasteiger partial charge in [-0.05, 0) is 34.7 Å². The van der Waals surface area contributed by atoms with Gasteiger partial charge in [0.25, 0.3) is 5.92 Å². The molecule has 3 unspecified atom stereocenters. The molecule has 1 heterocycles. The van der Waals surface area contributed by atoms with E-state index in [4.69, 9.17) is 9.47 Å². The topological polar surface area (TPSA) is 41.9 Å². The second-order valence-corrected chi connectivity index (χ2v) is 8.46. The number of ether oxygens (including phenoxy) is 2. The van der Waals surface area contributed by atoms with Gasteiger partial charge < -0.3 is 14.6 Å². The minimum Gasteiger partial charge on any atom is -0.497 e. The molecular formula is C25H25F2NO3. The number of likely N-dealkylation sites (tertiary alicyclic amines) is 1. The third-order valence-corrected chi connectivity index (χ3v) is 6.46. The summed E-state index contributed by atoms with van der Waals surface area (Å²) in [4.78, 5) is 1.91. The average molecular weight is 425 g/mol. The fraction of sp³-hybridized carbons (Fsp3) is 0.360. The third kappa shape index (κ3) is 3.75. The number of rotatable bonds is 7. The van der Waals surface area contributed by atoms with Gasteiger partial charge >= 0.3 is 0 Å². The van der Waals surface area contributed by atoms with Crippen LogP contribution in [0.5, 0.6) is 11.5 Å². The number of hydrogen-bond donors (Lipinski definition) is 1. The maximum absolute atomic E-state index is 13.3. The summed E-state index contributed by atoms with van der Waals surface area (Å²) < 4.78 is 37.9. The number of hydrogen-bond acceptors (Lipinski definition) is 4. The summed E-state index contributed by atoms with van der Waals surface area (Å²) in [6, 6.07) is 19.8. The number of alkyl halides is 2. The Hall–Kier alpha value is -2.70. The van der Waals surface area contributed by atoms with E-state index in [0.29, 0.717) is 25.4 Å². The number of nitrogens with zero attached hydrogens (tertiary/aromatic N) is 1. The van der Waals surface area contributed by atoms with Crippen LogP contribution in [0.2, 0.25) is 0 Å². The smallest absolute Gasteiger partial charge is 0.257 e. The van der Waals surface area contributed by atoms with Crippen LogP contribution in [0.15, 0.2) is 60.7 Å². The average Bonchev–Trinajstić information content (AvgIpc) is 3.10. The van der Waals surface area contributed by atoms with Crippen molar-refractivity contribution >= 4 is 10.8 Å². The standard InChI is InChI=1S/C25H25F2NO3/c1-30-18-8-6-16(7-9-18)19-10-11-24(21-5-3-2-4-20(19)21)31-15-17(29)12-28-13-22-23(14-28)25(22,26)27/h2-11,17,22-23,29H,12-15H2,1H3. The van der Waals surface area contributed by atoms with Crippen LogP contribution < -0.4 is 9.47 Å². The van der Waals surface area contributed by atoms with Crippen LogP contribution in [0.3, 0.4) is 0 Å². The molecule has 1 N–H and O–H groups in total. The Kier molecular flexibility index (Phi) is 5.07. The van der Waals surface area contributed by atoms with E-state index in [1.807, 2.05) is 59.5 Å². The Morgan fingerprint density at radius 3 is 2.35 bits per heavy atom. The summed E-state index contributed by atoms with van der Waals surface area (Å²) in [5, 5.41) is 12.4. The zero-order chi connectivity index (χ0) is 21.6. The fourth-order valence-electron chi connectivity index (χ4n) is 4.69. The summed E-state index contributed by atoms with van der Waals surface area (Å²) in [6.45, 7) is 1.18. The highest BCUT2D eigenvalue weighted by Gasteiger charge is 2.71. The molecule has 0 amide bonds. The molecule has 0 spiro atoms. The molecule has 6 heteroatoms. The fourth-order valence-corrected chi connectivity index (χ4v) is 4.69. The van der Waals surface area contributed by atoms with Crippen molar-refractivity contribution in [1.29, 1.82) is 0 Å². The van der Waals surface area contributed by atoms with Crippen LogP contribution in [0.1, 0.15) is 0 Å². The lowest BCUT2D eigenvalue weighted by molar-refractivity contribution is 0.0304. The first kappa shape index (κ1) is 20.2. The molecule has 3 atom stereocenters. The molecule has 5 rings (SSSR count). The molecular weight excluding hydrogens is 400 g/mol. The van der Waals surface area contributed by atoms with Gasteiger partial charge in [0.05, 0.1) is 7.11 Å². The SMILES string of the molecule is COc1ccc(-c2ccc(OCC(O)CN3CC4C(C3)C4(F)F)c3ccccc23)cc1. The molecule has 0 radical (unpaired) electrons. The summed E-state index contributed by atoms with van der Waals surface area (Å²) in [7, 11) is 1.65. The lowest BCUT2D eigenvalue weighted by Crippen LogP contribution is -2.37. The Labute approximate surface area is 180 Å². The molecule has 0 bridgehead atoms. The highest BCUT2D eigenvalue weighted by atomic mass is 19.3. The van der Waals surface area contributed by atoms with Crippen molar-refractivity contribution in [1.82, 2.24) is 4.90 Å². The van der Waals surface area contributed by atoms with Gasteiger partial charge in [0.1, 0.15) is 24.2 Å². The van der Waals surface area contributed by atoms with Crippen LogP contribution in [0, 0.1) is 11.8 Å². The van der Waals surface area contributed by atoms with Crippen molar-refractivity contribution in [2.45, 2.75) is 12.0 Å². The predicted molar refractivity (Wildman–Crippen MR) is 116 cm³/mol. The molecule has 2 aliphatic rings. The normalized spacial score (nSPS) is 22.8. The summed E-state index contributed by atoms with van der Waals surface area (Å²) >= 11 is 0. The van der Waals surface area contributed by atoms with Crippen LogP contribution in [-0.4, -0.2) is 55.4 Å². The second kappa shape index (κ2) is 7.77. The van der Waals surface area contributed by atoms with Crippen LogP contribution in [0.4, 0.5) is 8.78 Å². The zero-order valence-electron chi connectivity index (χ0n) is 17.3. The van der Waals surface area contributed by atoms with Crippen LogP contribution in [0.25, 0.3) is 21.9 Å². The van der Waals surface area contributed by atoms with Crippen LogP contribution >= 0.6 is 0 Å². The number of piperidine rings is 1. The Bertz CT molecular complexity index is 1070. The number of aliphatic hydroxyl groups excluding tert-OH is 1. The first-order valence-electron chi connectivity index (χ1n) is 10.5. The predicted octanol–water partition coefficient (Wildman–Crippen LogP) is 4.45. The largest absolute Gasteiger partial charge is 0.497 e. The molecule has 2 fully saturated rings. The van der Waals surface area contributed by atoms with E-state index in [-0.39, 0.29) is 6.61 Å². The van der Waals surface area contributed by atoms with Crippen molar-refractivity contribution in [3.8, 4) is 22.6 Å². The monoisotopic (exact) mass is 425 g/mol. The molecule has 3 aromatic rings. The molecule has 1 saturated carbocycles. The highest BCUT2D eigenvalue weighted by Crippen LogP contribution is 2.59. The van der Waals surface area contributed by atoms with E-state index in [1.165, 1.54) is 0 Å². The Morgan fingerprint density at radius 1 is 1.00 bits per heavy atom. The van der Waals surface area contributed by atoms with Crippen molar-refractivity contribution in [2.24, 2.45) is 11.8 Å².